The molecule has 0 aliphatic rings. The molecule has 0 spiro atoms. The summed E-state index contributed by atoms with van der Waals surface area (Å²) in [5, 5.41) is 34.3. The number of carboxylic acid groups (broad SMARTS) is 2. The van der Waals surface area contributed by atoms with Gasteiger partial charge in [-0.1, -0.05) is 119 Å². The number of carbonyl (C=O) groups is 3. The second-order valence-corrected chi connectivity index (χ2v) is 10.7. The van der Waals surface area contributed by atoms with Gasteiger partial charge in [-0.15, -0.1) is 0 Å². The van der Waals surface area contributed by atoms with E-state index in [-0.39, 0.29) is 18.8 Å². The van der Waals surface area contributed by atoms with E-state index in [1.165, 1.54) is 28.8 Å². The lowest BCUT2D eigenvalue weighted by Gasteiger charge is -1.96. The lowest BCUT2D eigenvalue weighted by atomic mass is 10.1. The summed E-state index contributed by atoms with van der Waals surface area (Å²) in [7, 11) is 0. The largest absolute Gasteiger partial charge is 0.478 e. The molecular formula is C40H44O7. The molecule has 0 aromatic heterocycles. The zero-order valence-electron chi connectivity index (χ0n) is 27.6. The standard InChI is InChI=1S/C8H8O3.C8H8O2.C8H10O.C8H8O.C8H10/c9-5-6-2-1-3-7(4-6)8(10)11;1-6-3-2-4-7(5-6)8(9)10;2*1-7-3-2-4-8(5-7)6-9;1-7-4-3-5-8(2)6-7/h1-4,9H,5H2,(H,10,11);2-5H,1H3,(H,9,10);2-5,9H,6H2,1H3;2-6H,1H3;3-6H,1-2H3. The molecule has 47 heavy (non-hydrogen) atoms. The first-order valence-corrected chi connectivity index (χ1v) is 14.8. The average Bonchev–Trinajstić information content (AvgIpc) is 3.06. The van der Waals surface area contributed by atoms with Crippen molar-refractivity contribution in [1.82, 2.24) is 0 Å². The molecule has 5 aromatic rings. The van der Waals surface area contributed by atoms with Gasteiger partial charge >= 0.3 is 11.9 Å². The molecule has 0 saturated heterocycles. The van der Waals surface area contributed by atoms with E-state index in [9.17, 15) is 14.4 Å². The topological polar surface area (TPSA) is 132 Å². The van der Waals surface area contributed by atoms with Crippen molar-refractivity contribution in [2.24, 2.45) is 0 Å². The minimum absolute atomic E-state index is 0.124. The fourth-order valence-corrected chi connectivity index (χ4v) is 3.94. The second kappa shape index (κ2) is 22.2. The number of aliphatic hydroxyl groups excluding tert-OH is 2. The summed E-state index contributed by atoms with van der Waals surface area (Å²) in [6.07, 6.45) is 0.854. The van der Waals surface area contributed by atoms with E-state index in [2.05, 4.69) is 38.1 Å². The SMILES string of the molecule is Cc1cccc(C(=O)O)c1.Cc1cccc(C)c1.Cc1cccc(C=O)c1.Cc1cccc(CO)c1.O=C(O)c1cccc(CO)c1. The third kappa shape index (κ3) is 17.6. The van der Waals surface area contributed by atoms with E-state index >= 15 is 0 Å². The Morgan fingerprint density at radius 3 is 1.17 bits per heavy atom. The molecule has 0 saturated carbocycles. The highest BCUT2D eigenvalue weighted by Gasteiger charge is 2.01. The van der Waals surface area contributed by atoms with Gasteiger partial charge in [-0.2, -0.15) is 0 Å². The first-order valence-electron chi connectivity index (χ1n) is 14.8. The molecule has 246 valence electrons. The molecule has 4 N–H and O–H groups in total. The molecule has 7 nitrogen and oxygen atoms in total. The zero-order valence-corrected chi connectivity index (χ0v) is 27.6. The summed E-state index contributed by atoms with van der Waals surface area (Å²) in [6.45, 7) is 10.1. The van der Waals surface area contributed by atoms with Crippen LogP contribution in [-0.4, -0.2) is 38.7 Å². The summed E-state index contributed by atoms with van der Waals surface area (Å²) in [5.41, 5.74) is 8.86. The van der Waals surface area contributed by atoms with Gasteiger partial charge in [0.25, 0.3) is 0 Å². The number of carboxylic acids is 2. The van der Waals surface area contributed by atoms with Gasteiger partial charge < -0.3 is 20.4 Å². The van der Waals surface area contributed by atoms with Crippen molar-refractivity contribution < 1.29 is 34.8 Å². The van der Waals surface area contributed by atoms with Gasteiger partial charge in [0.05, 0.1) is 24.3 Å². The van der Waals surface area contributed by atoms with Crippen molar-refractivity contribution in [3.05, 3.63) is 177 Å². The Bertz CT molecular complexity index is 1670. The number of rotatable bonds is 5. The lowest BCUT2D eigenvalue weighted by molar-refractivity contribution is 0.0686. The molecule has 5 rings (SSSR count). The molecule has 0 aliphatic carbocycles. The number of benzene rings is 5. The Morgan fingerprint density at radius 2 is 0.851 bits per heavy atom. The van der Waals surface area contributed by atoms with Crippen molar-refractivity contribution in [3.63, 3.8) is 0 Å². The zero-order chi connectivity index (χ0) is 35.2. The smallest absolute Gasteiger partial charge is 0.335 e. The molecule has 7 heteroatoms. The van der Waals surface area contributed by atoms with Crippen LogP contribution in [0.5, 0.6) is 0 Å². The van der Waals surface area contributed by atoms with Crippen molar-refractivity contribution in [2.45, 2.75) is 47.8 Å². The number of aliphatic hydroxyl groups is 2. The maximum Gasteiger partial charge on any atom is 0.335 e. The van der Waals surface area contributed by atoms with E-state index in [1.807, 2.05) is 69.3 Å². The first kappa shape index (κ1) is 39.7. The monoisotopic (exact) mass is 636 g/mol. The van der Waals surface area contributed by atoms with Crippen LogP contribution in [0.15, 0.2) is 121 Å². The van der Waals surface area contributed by atoms with Crippen molar-refractivity contribution in [2.75, 3.05) is 0 Å². The van der Waals surface area contributed by atoms with E-state index in [0.29, 0.717) is 11.1 Å². The summed E-state index contributed by atoms with van der Waals surface area (Å²) in [4.78, 5) is 30.9. The van der Waals surface area contributed by atoms with Crippen LogP contribution in [0.3, 0.4) is 0 Å². The number of aromatic carboxylic acids is 2. The van der Waals surface area contributed by atoms with Gasteiger partial charge in [0, 0.05) is 5.56 Å². The van der Waals surface area contributed by atoms with Gasteiger partial charge in [-0.05, 0) is 76.1 Å². The number of aryl methyl sites for hydroxylation is 5. The van der Waals surface area contributed by atoms with Crippen molar-refractivity contribution in [3.8, 4) is 0 Å². The van der Waals surface area contributed by atoms with Crippen LogP contribution in [0, 0.1) is 34.6 Å². The molecule has 5 aromatic carbocycles. The van der Waals surface area contributed by atoms with Gasteiger partial charge in [-0.3, -0.25) is 4.79 Å². The Hall–Kier alpha value is -5.37. The highest BCUT2D eigenvalue weighted by molar-refractivity contribution is 5.88. The lowest BCUT2D eigenvalue weighted by Crippen LogP contribution is -1.96. The predicted molar refractivity (Wildman–Crippen MR) is 187 cm³/mol. The van der Waals surface area contributed by atoms with Gasteiger partial charge in [0.1, 0.15) is 6.29 Å². The molecule has 0 heterocycles. The van der Waals surface area contributed by atoms with E-state index in [0.717, 1.165) is 28.5 Å². The summed E-state index contributed by atoms with van der Waals surface area (Å²) in [5.74, 6) is -1.84. The number of carbonyl (C=O) groups excluding carboxylic acids is 1. The Balaban J connectivity index is 0.000000295. The molecule has 0 amide bonds. The van der Waals surface area contributed by atoms with Crippen LogP contribution in [0.2, 0.25) is 0 Å². The quantitative estimate of drug-likeness (QED) is 0.143. The van der Waals surface area contributed by atoms with Crippen LogP contribution in [0.4, 0.5) is 0 Å². The molecule has 0 aliphatic heterocycles. The predicted octanol–water partition coefficient (Wildman–Crippen LogP) is 8.17. The highest BCUT2D eigenvalue weighted by Crippen LogP contribution is 2.05. The third-order valence-electron chi connectivity index (χ3n) is 6.24. The van der Waals surface area contributed by atoms with Gasteiger partial charge in [0.15, 0.2) is 0 Å². The minimum Gasteiger partial charge on any atom is -0.478 e. The van der Waals surface area contributed by atoms with E-state index < -0.39 is 11.9 Å². The molecule has 0 radical (unpaired) electrons. The first-order chi connectivity index (χ1) is 22.4. The van der Waals surface area contributed by atoms with Crippen LogP contribution in [-0.2, 0) is 13.2 Å². The van der Waals surface area contributed by atoms with Crippen LogP contribution in [0.25, 0.3) is 0 Å². The molecule has 0 fully saturated rings. The van der Waals surface area contributed by atoms with Crippen LogP contribution < -0.4 is 0 Å². The summed E-state index contributed by atoms with van der Waals surface area (Å²) < 4.78 is 0. The fraction of sp³-hybridized carbons (Fsp3) is 0.175. The third-order valence-corrected chi connectivity index (χ3v) is 6.24. The number of aldehydes is 1. The van der Waals surface area contributed by atoms with Crippen molar-refractivity contribution >= 4 is 18.2 Å². The molecule has 0 atom stereocenters. The maximum atomic E-state index is 10.4. The van der Waals surface area contributed by atoms with Crippen molar-refractivity contribution in [1.29, 1.82) is 0 Å². The molecule has 0 unspecified atom stereocenters. The summed E-state index contributed by atoms with van der Waals surface area (Å²) in [6, 6.07) is 36.8. The Morgan fingerprint density at radius 1 is 0.489 bits per heavy atom. The fourth-order valence-electron chi connectivity index (χ4n) is 3.94. The van der Waals surface area contributed by atoms with Gasteiger partial charge in [0.2, 0.25) is 0 Å². The normalized spacial score (nSPS) is 9.34. The number of hydrogen-bond donors (Lipinski definition) is 4. The Labute approximate surface area is 277 Å². The average molecular weight is 637 g/mol. The summed E-state index contributed by atoms with van der Waals surface area (Å²) >= 11 is 0. The van der Waals surface area contributed by atoms with Crippen LogP contribution in [0.1, 0.15) is 70.0 Å². The minimum atomic E-state index is -0.972. The number of hydrogen-bond acceptors (Lipinski definition) is 5. The maximum absolute atomic E-state index is 10.4. The highest BCUT2D eigenvalue weighted by atomic mass is 16.4. The van der Waals surface area contributed by atoms with E-state index in [4.69, 9.17) is 20.4 Å². The van der Waals surface area contributed by atoms with Gasteiger partial charge in [-0.25, -0.2) is 9.59 Å². The van der Waals surface area contributed by atoms with E-state index in [1.54, 1.807) is 36.4 Å². The Kier molecular flexibility index (Phi) is 18.7. The second-order valence-electron chi connectivity index (χ2n) is 10.7. The van der Waals surface area contributed by atoms with Crippen LogP contribution >= 0.6 is 0 Å². The molecule has 0 bridgehead atoms. The molecular weight excluding hydrogens is 592 g/mol.